The van der Waals surface area contributed by atoms with Gasteiger partial charge in [0.2, 0.25) is 0 Å². The van der Waals surface area contributed by atoms with Gasteiger partial charge in [0.15, 0.2) is 0 Å². The zero-order chi connectivity index (χ0) is 13.7. The molecule has 100 valence electrons. The van der Waals surface area contributed by atoms with Crippen molar-refractivity contribution in [2.45, 2.75) is 19.4 Å². The lowest BCUT2D eigenvalue weighted by Gasteiger charge is -2.19. The second-order valence-electron chi connectivity index (χ2n) is 4.42. The van der Waals surface area contributed by atoms with Gasteiger partial charge in [-0.15, -0.1) is 0 Å². The summed E-state index contributed by atoms with van der Waals surface area (Å²) in [7, 11) is 0. The van der Waals surface area contributed by atoms with Gasteiger partial charge in [-0.1, -0.05) is 25.1 Å². The minimum absolute atomic E-state index is 0.0421. The van der Waals surface area contributed by atoms with Crippen LogP contribution in [-0.2, 0) is 6.42 Å². The number of pyridine rings is 1. The summed E-state index contributed by atoms with van der Waals surface area (Å²) in [5, 5.41) is 3.37. The Hall–Kier alpha value is -1.94. The fraction of sp³-hybridized carbons (Fsp3) is 0.267. The summed E-state index contributed by atoms with van der Waals surface area (Å²) in [6.45, 7) is 2.85. The highest BCUT2D eigenvalue weighted by Crippen LogP contribution is 2.22. The van der Waals surface area contributed by atoms with E-state index in [1.807, 2.05) is 25.1 Å². The first-order chi connectivity index (χ1) is 9.20. The van der Waals surface area contributed by atoms with Gasteiger partial charge >= 0.3 is 0 Å². The van der Waals surface area contributed by atoms with Crippen LogP contribution in [0.15, 0.2) is 42.6 Å². The summed E-state index contributed by atoms with van der Waals surface area (Å²) in [6.07, 6.45) is 2.35. The smallest absolute Gasteiger partial charge is 0.128 e. The number of likely N-dealkylation sites (N-methyl/N-ethyl adjacent to an activating group) is 1. The zero-order valence-electron chi connectivity index (χ0n) is 10.9. The average molecular weight is 259 g/mol. The van der Waals surface area contributed by atoms with Gasteiger partial charge in [0.05, 0.1) is 0 Å². The Labute approximate surface area is 112 Å². The first-order valence-electron chi connectivity index (χ1n) is 6.39. The molecular weight excluding hydrogens is 241 g/mol. The SMILES string of the molecule is CCNC(Cc1cccc(F)c1)c1cccnc1N. The van der Waals surface area contributed by atoms with Gasteiger partial charge in [0.1, 0.15) is 11.6 Å². The molecule has 1 aromatic heterocycles. The highest BCUT2D eigenvalue weighted by molar-refractivity contribution is 5.41. The van der Waals surface area contributed by atoms with Crippen molar-refractivity contribution in [3.63, 3.8) is 0 Å². The van der Waals surface area contributed by atoms with Crippen molar-refractivity contribution in [3.05, 3.63) is 59.5 Å². The minimum atomic E-state index is -0.216. The van der Waals surface area contributed by atoms with Crippen molar-refractivity contribution in [2.75, 3.05) is 12.3 Å². The van der Waals surface area contributed by atoms with Crippen LogP contribution in [0.3, 0.4) is 0 Å². The third kappa shape index (κ3) is 3.51. The van der Waals surface area contributed by atoms with Crippen LogP contribution in [0.25, 0.3) is 0 Å². The van der Waals surface area contributed by atoms with Gasteiger partial charge in [-0.25, -0.2) is 9.37 Å². The van der Waals surface area contributed by atoms with Gasteiger partial charge in [-0.3, -0.25) is 0 Å². The summed E-state index contributed by atoms with van der Waals surface area (Å²) in [5.74, 6) is 0.303. The fourth-order valence-electron chi connectivity index (χ4n) is 2.16. The molecule has 3 N–H and O–H groups in total. The van der Waals surface area contributed by atoms with Crippen LogP contribution < -0.4 is 11.1 Å². The Morgan fingerprint density at radius 1 is 1.32 bits per heavy atom. The number of nitrogen functional groups attached to an aromatic ring is 1. The van der Waals surface area contributed by atoms with Crippen molar-refractivity contribution in [2.24, 2.45) is 0 Å². The largest absolute Gasteiger partial charge is 0.383 e. The molecule has 0 spiro atoms. The standard InChI is InChI=1S/C15H18FN3/c1-2-18-14(13-7-4-8-19-15(13)17)10-11-5-3-6-12(16)9-11/h3-9,14,18H,2,10H2,1H3,(H2,17,19). The Balaban J connectivity index is 2.24. The second kappa shape index (κ2) is 6.29. The molecule has 0 bridgehead atoms. The molecule has 0 saturated carbocycles. The Morgan fingerprint density at radius 3 is 2.84 bits per heavy atom. The number of aromatic nitrogens is 1. The highest BCUT2D eigenvalue weighted by Gasteiger charge is 2.14. The maximum atomic E-state index is 13.2. The van der Waals surface area contributed by atoms with E-state index < -0.39 is 0 Å². The molecule has 0 aliphatic rings. The number of rotatable bonds is 5. The van der Waals surface area contributed by atoms with Crippen LogP contribution in [0, 0.1) is 5.82 Å². The van der Waals surface area contributed by atoms with E-state index in [1.165, 1.54) is 6.07 Å². The predicted octanol–water partition coefficient (Wildman–Crippen LogP) is 2.70. The molecule has 3 nitrogen and oxygen atoms in total. The number of hydrogen-bond acceptors (Lipinski definition) is 3. The van der Waals surface area contributed by atoms with Crippen LogP contribution in [-0.4, -0.2) is 11.5 Å². The quantitative estimate of drug-likeness (QED) is 0.868. The Kier molecular flexibility index (Phi) is 4.47. The number of nitrogens with zero attached hydrogens (tertiary/aromatic N) is 1. The van der Waals surface area contributed by atoms with E-state index in [-0.39, 0.29) is 11.9 Å². The molecule has 0 aliphatic carbocycles. The topological polar surface area (TPSA) is 50.9 Å². The van der Waals surface area contributed by atoms with Crippen molar-refractivity contribution < 1.29 is 4.39 Å². The zero-order valence-corrected chi connectivity index (χ0v) is 10.9. The molecule has 0 saturated heterocycles. The van der Waals surface area contributed by atoms with E-state index in [0.29, 0.717) is 12.2 Å². The molecule has 0 radical (unpaired) electrons. The van der Waals surface area contributed by atoms with Crippen molar-refractivity contribution in [1.29, 1.82) is 0 Å². The molecule has 2 rings (SSSR count). The van der Waals surface area contributed by atoms with Crippen LogP contribution in [0.5, 0.6) is 0 Å². The lowest BCUT2D eigenvalue weighted by atomic mass is 9.99. The van der Waals surface area contributed by atoms with Crippen molar-refractivity contribution in [3.8, 4) is 0 Å². The van der Waals surface area contributed by atoms with Crippen molar-refractivity contribution >= 4 is 5.82 Å². The molecule has 2 aromatic rings. The number of halogens is 1. The molecule has 1 unspecified atom stereocenters. The van der Waals surface area contributed by atoms with E-state index in [9.17, 15) is 4.39 Å². The number of nitrogens with one attached hydrogen (secondary N) is 1. The molecule has 1 aromatic carbocycles. The molecule has 0 fully saturated rings. The summed E-state index contributed by atoms with van der Waals surface area (Å²) >= 11 is 0. The molecule has 1 atom stereocenters. The van der Waals surface area contributed by atoms with Crippen LogP contribution in [0.2, 0.25) is 0 Å². The molecule has 4 heteroatoms. The van der Waals surface area contributed by atoms with E-state index in [1.54, 1.807) is 18.3 Å². The van der Waals surface area contributed by atoms with Gasteiger partial charge in [0, 0.05) is 17.8 Å². The van der Waals surface area contributed by atoms with Crippen LogP contribution in [0.1, 0.15) is 24.1 Å². The summed E-state index contributed by atoms with van der Waals surface area (Å²) in [4.78, 5) is 4.11. The van der Waals surface area contributed by atoms with Crippen molar-refractivity contribution in [1.82, 2.24) is 10.3 Å². The third-order valence-electron chi connectivity index (χ3n) is 3.03. The molecule has 0 amide bonds. The maximum absolute atomic E-state index is 13.2. The van der Waals surface area contributed by atoms with E-state index in [2.05, 4.69) is 10.3 Å². The van der Waals surface area contributed by atoms with Gasteiger partial charge in [-0.05, 0) is 36.7 Å². The van der Waals surface area contributed by atoms with E-state index >= 15 is 0 Å². The monoisotopic (exact) mass is 259 g/mol. The number of benzene rings is 1. The number of anilines is 1. The highest BCUT2D eigenvalue weighted by atomic mass is 19.1. The molecule has 19 heavy (non-hydrogen) atoms. The summed E-state index contributed by atoms with van der Waals surface area (Å²) in [6, 6.07) is 10.5. The number of nitrogens with two attached hydrogens (primary N) is 1. The van der Waals surface area contributed by atoms with Gasteiger partial charge in [0.25, 0.3) is 0 Å². The van der Waals surface area contributed by atoms with Crippen LogP contribution >= 0.6 is 0 Å². The van der Waals surface area contributed by atoms with Crippen LogP contribution in [0.4, 0.5) is 10.2 Å². The first kappa shape index (κ1) is 13.5. The average Bonchev–Trinajstić information content (AvgIpc) is 2.39. The third-order valence-corrected chi connectivity index (χ3v) is 3.03. The number of hydrogen-bond donors (Lipinski definition) is 2. The normalized spacial score (nSPS) is 12.3. The predicted molar refractivity (Wildman–Crippen MR) is 75.2 cm³/mol. The van der Waals surface area contributed by atoms with Gasteiger partial charge in [-0.2, -0.15) is 0 Å². The lowest BCUT2D eigenvalue weighted by Crippen LogP contribution is -2.24. The molecule has 1 heterocycles. The maximum Gasteiger partial charge on any atom is 0.128 e. The molecular formula is C15H18FN3. The Morgan fingerprint density at radius 2 is 2.16 bits per heavy atom. The molecule has 0 aliphatic heterocycles. The summed E-state index contributed by atoms with van der Waals surface area (Å²) in [5.41, 5.74) is 7.80. The Bertz CT molecular complexity index is 542. The van der Waals surface area contributed by atoms with E-state index in [0.717, 1.165) is 17.7 Å². The summed E-state index contributed by atoms with van der Waals surface area (Å²) < 4.78 is 13.2. The first-order valence-corrected chi connectivity index (χ1v) is 6.39. The second-order valence-corrected chi connectivity index (χ2v) is 4.42. The van der Waals surface area contributed by atoms with Gasteiger partial charge < -0.3 is 11.1 Å². The fourth-order valence-corrected chi connectivity index (χ4v) is 2.16. The lowest BCUT2D eigenvalue weighted by molar-refractivity contribution is 0.547. The minimum Gasteiger partial charge on any atom is -0.383 e. The van der Waals surface area contributed by atoms with E-state index in [4.69, 9.17) is 5.73 Å².